The van der Waals surface area contributed by atoms with Crippen molar-refractivity contribution in [3.05, 3.63) is 68.7 Å². The van der Waals surface area contributed by atoms with E-state index in [9.17, 15) is 19.7 Å². The molecule has 7 nitrogen and oxygen atoms in total. The number of aryl methyl sites for hydroxylation is 1. The van der Waals surface area contributed by atoms with Crippen LogP contribution in [0.25, 0.3) is 0 Å². The smallest absolute Gasteiger partial charge is 0.340 e. The lowest BCUT2D eigenvalue weighted by Crippen LogP contribution is -2.21. The van der Waals surface area contributed by atoms with Crippen molar-refractivity contribution in [2.45, 2.75) is 13.3 Å². The van der Waals surface area contributed by atoms with Crippen molar-refractivity contribution < 1.29 is 19.2 Å². The fraction of sp³-hybridized carbons (Fsp3) is 0.176. The minimum Gasteiger partial charge on any atom is -0.452 e. The van der Waals surface area contributed by atoms with E-state index in [1.807, 2.05) is 25.1 Å². The maximum atomic E-state index is 11.9. The SMILES string of the molecule is CCc1cccc(NC(=O)COC(=O)c2ccc([N+](=O)[O-])cc2Cl)c1. The minimum atomic E-state index is -0.836. The van der Waals surface area contributed by atoms with Gasteiger partial charge < -0.3 is 10.1 Å². The fourth-order valence-electron chi connectivity index (χ4n) is 2.06. The molecule has 0 spiro atoms. The number of rotatable bonds is 6. The molecular weight excluding hydrogens is 348 g/mol. The Labute approximate surface area is 148 Å². The summed E-state index contributed by atoms with van der Waals surface area (Å²) in [4.78, 5) is 33.8. The van der Waals surface area contributed by atoms with Crippen LogP contribution in [0.15, 0.2) is 42.5 Å². The number of nitro groups is 1. The molecule has 0 aliphatic heterocycles. The number of nitro benzene ring substituents is 1. The highest BCUT2D eigenvalue weighted by Crippen LogP contribution is 2.23. The number of non-ortho nitro benzene ring substituents is 1. The quantitative estimate of drug-likeness (QED) is 0.481. The fourth-order valence-corrected chi connectivity index (χ4v) is 2.31. The van der Waals surface area contributed by atoms with Gasteiger partial charge in [-0.1, -0.05) is 30.7 Å². The van der Waals surface area contributed by atoms with Gasteiger partial charge in [0.05, 0.1) is 15.5 Å². The number of ether oxygens (including phenoxy) is 1. The molecule has 8 heteroatoms. The van der Waals surface area contributed by atoms with Crippen molar-refractivity contribution in [2.75, 3.05) is 11.9 Å². The van der Waals surface area contributed by atoms with Crippen molar-refractivity contribution >= 4 is 34.9 Å². The van der Waals surface area contributed by atoms with Gasteiger partial charge in [-0.05, 0) is 30.2 Å². The number of amides is 1. The Hall–Kier alpha value is -2.93. The highest BCUT2D eigenvalue weighted by atomic mass is 35.5. The summed E-state index contributed by atoms with van der Waals surface area (Å²) in [6.07, 6.45) is 0.831. The van der Waals surface area contributed by atoms with Crippen LogP contribution in [0, 0.1) is 10.1 Å². The van der Waals surface area contributed by atoms with Crippen LogP contribution in [-0.2, 0) is 16.0 Å². The second-order valence-corrected chi connectivity index (χ2v) is 5.51. The van der Waals surface area contributed by atoms with Crippen LogP contribution in [-0.4, -0.2) is 23.4 Å². The summed E-state index contributed by atoms with van der Waals surface area (Å²) in [6, 6.07) is 10.7. The highest BCUT2D eigenvalue weighted by Gasteiger charge is 2.17. The van der Waals surface area contributed by atoms with E-state index >= 15 is 0 Å². The van der Waals surface area contributed by atoms with E-state index in [1.165, 1.54) is 6.07 Å². The molecule has 1 amide bonds. The number of halogens is 1. The third-order valence-corrected chi connectivity index (χ3v) is 3.65. The molecule has 0 aliphatic rings. The second-order valence-electron chi connectivity index (χ2n) is 5.10. The first-order chi connectivity index (χ1) is 11.9. The van der Waals surface area contributed by atoms with E-state index in [1.54, 1.807) is 6.07 Å². The number of anilines is 1. The standard InChI is InChI=1S/C17H15ClN2O5/c1-2-11-4-3-5-12(8-11)19-16(21)10-25-17(22)14-7-6-13(20(23)24)9-15(14)18/h3-9H,2,10H2,1H3,(H,19,21). The zero-order chi connectivity index (χ0) is 18.4. The van der Waals surface area contributed by atoms with Crippen LogP contribution < -0.4 is 5.32 Å². The van der Waals surface area contributed by atoms with Crippen LogP contribution in [0.1, 0.15) is 22.8 Å². The molecule has 1 N–H and O–H groups in total. The molecule has 0 saturated heterocycles. The van der Waals surface area contributed by atoms with Crippen molar-refractivity contribution in [1.29, 1.82) is 0 Å². The predicted octanol–water partition coefficient (Wildman–Crippen LogP) is 3.61. The monoisotopic (exact) mass is 362 g/mol. The summed E-state index contributed by atoms with van der Waals surface area (Å²) in [7, 11) is 0. The van der Waals surface area contributed by atoms with Crippen LogP contribution in [0.4, 0.5) is 11.4 Å². The molecule has 0 saturated carbocycles. The Kier molecular flexibility index (Phi) is 6.08. The normalized spacial score (nSPS) is 10.2. The summed E-state index contributed by atoms with van der Waals surface area (Å²) in [6.45, 7) is 1.50. The molecular formula is C17H15ClN2O5. The topological polar surface area (TPSA) is 98.5 Å². The van der Waals surface area contributed by atoms with Crippen LogP contribution >= 0.6 is 11.6 Å². The zero-order valence-corrected chi connectivity index (χ0v) is 14.1. The second kappa shape index (κ2) is 8.25. The first-order valence-corrected chi connectivity index (χ1v) is 7.78. The number of carbonyl (C=O) groups excluding carboxylic acids is 2. The lowest BCUT2D eigenvalue weighted by molar-refractivity contribution is -0.384. The molecule has 0 aliphatic carbocycles. The van der Waals surface area contributed by atoms with Gasteiger partial charge in [0.1, 0.15) is 0 Å². The van der Waals surface area contributed by atoms with Crippen molar-refractivity contribution in [2.24, 2.45) is 0 Å². The van der Waals surface area contributed by atoms with Crippen molar-refractivity contribution in [3.8, 4) is 0 Å². The lowest BCUT2D eigenvalue weighted by Gasteiger charge is -2.08. The number of esters is 1. The van der Waals surface area contributed by atoms with E-state index in [0.717, 1.165) is 24.1 Å². The molecule has 2 rings (SSSR count). The lowest BCUT2D eigenvalue weighted by atomic mass is 10.1. The first-order valence-electron chi connectivity index (χ1n) is 7.40. The molecule has 0 bridgehead atoms. The minimum absolute atomic E-state index is 0.0481. The van der Waals surface area contributed by atoms with E-state index in [-0.39, 0.29) is 16.3 Å². The molecule has 0 radical (unpaired) electrons. The molecule has 2 aromatic carbocycles. The highest BCUT2D eigenvalue weighted by molar-refractivity contribution is 6.33. The Morgan fingerprint density at radius 2 is 2.00 bits per heavy atom. The van der Waals surface area contributed by atoms with Crippen LogP contribution in [0.5, 0.6) is 0 Å². The van der Waals surface area contributed by atoms with Crippen molar-refractivity contribution in [3.63, 3.8) is 0 Å². The summed E-state index contributed by atoms with van der Waals surface area (Å²) in [5.41, 5.74) is 1.38. The molecule has 0 aromatic heterocycles. The molecule has 0 unspecified atom stereocenters. The van der Waals surface area contributed by atoms with Gasteiger partial charge in [-0.15, -0.1) is 0 Å². The van der Waals surface area contributed by atoms with Gasteiger partial charge >= 0.3 is 5.97 Å². The summed E-state index contributed by atoms with van der Waals surface area (Å²) in [5.74, 6) is -1.34. The predicted molar refractivity (Wildman–Crippen MR) is 92.8 cm³/mol. The maximum absolute atomic E-state index is 11.9. The van der Waals surface area contributed by atoms with Gasteiger partial charge in [-0.25, -0.2) is 4.79 Å². The number of carbonyl (C=O) groups is 2. The summed E-state index contributed by atoms with van der Waals surface area (Å²) in [5, 5.41) is 13.2. The number of hydrogen-bond acceptors (Lipinski definition) is 5. The van der Waals surface area contributed by atoms with Crippen LogP contribution in [0.3, 0.4) is 0 Å². The Balaban J connectivity index is 1.95. The molecule has 2 aromatic rings. The molecule has 0 heterocycles. The van der Waals surface area contributed by atoms with E-state index < -0.39 is 23.4 Å². The first kappa shape index (κ1) is 18.4. The Morgan fingerprint density at radius 3 is 2.64 bits per heavy atom. The number of benzene rings is 2. The average Bonchev–Trinajstić information content (AvgIpc) is 2.59. The third-order valence-electron chi connectivity index (χ3n) is 3.34. The van der Waals surface area contributed by atoms with Gasteiger partial charge in [0.2, 0.25) is 0 Å². The third kappa shape index (κ3) is 5.02. The number of nitrogens with one attached hydrogen (secondary N) is 1. The summed E-state index contributed by atoms with van der Waals surface area (Å²) >= 11 is 5.84. The van der Waals surface area contributed by atoms with E-state index in [2.05, 4.69) is 5.32 Å². The van der Waals surface area contributed by atoms with E-state index in [4.69, 9.17) is 16.3 Å². The van der Waals surface area contributed by atoms with Gasteiger partial charge in [0.25, 0.3) is 11.6 Å². The molecule has 0 atom stereocenters. The molecule has 25 heavy (non-hydrogen) atoms. The Morgan fingerprint density at radius 1 is 1.24 bits per heavy atom. The largest absolute Gasteiger partial charge is 0.452 e. The van der Waals surface area contributed by atoms with Gasteiger partial charge in [0.15, 0.2) is 6.61 Å². The zero-order valence-electron chi connectivity index (χ0n) is 13.3. The number of hydrogen-bond donors (Lipinski definition) is 1. The molecule has 130 valence electrons. The number of nitrogens with zero attached hydrogens (tertiary/aromatic N) is 1. The van der Waals surface area contributed by atoms with Gasteiger partial charge in [0, 0.05) is 17.8 Å². The van der Waals surface area contributed by atoms with E-state index in [0.29, 0.717) is 5.69 Å². The Bertz CT molecular complexity index is 822. The van der Waals surface area contributed by atoms with Gasteiger partial charge in [-0.2, -0.15) is 0 Å². The van der Waals surface area contributed by atoms with Crippen molar-refractivity contribution in [1.82, 2.24) is 0 Å². The van der Waals surface area contributed by atoms with Crippen LogP contribution in [0.2, 0.25) is 5.02 Å². The molecule has 0 fully saturated rings. The maximum Gasteiger partial charge on any atom is 0.340 e. The summed E-state index contributed by atoms with van der Waals surface area (Å²) < 4.78 is 4.89. The average molecular weight is 363 g/mol. The van der Waals surface area contributed by atoms with Gasteiger partial charge in [-0.3, -0.25) is 14.9 Å².